The zero-order valence-electron chi connectivity index (χ0n) is 13.6. The van der Waals surface area contributed by atoms with E-state index in [2.05, 4.69) is 10.00 Å². The number of carbonyl (C=O) groups excluding carboxylic acids is 1. The van der Waals surface area contributed by atoms with E-state index < -0.39 is 0 Å². The van der Waals surface area contributed by atoms with Crippen molar-refractivity contribution in [2.24, 2.45) is 0 Å². The van der Waals surface area contributed by atoms with E-state index >= 15 is 0 Å². The monoisotopic (exact) mass is 348 g/mol. The maximum atomic E-state index is 12.1. The molecule has 0 N–H and O–H groups in total. The van der Waals surface area contributed by atoms with Gasteiger partial charge in [0.1, 0.15) is 11.7 Å². The predicted molar refractivity (Wildman–Crippen MR) is 95.8 cm³/mol. The Morgan fingerprint density at radius 3 is 2.87 bits per heavy atom. The third-order valence-electron chi connectivity index (χ3n) is 3.96. The molecule has 1 aromatic carbocycles. The summed E-state index contributed by atoms with van der Waals surface area (Å²) < 4.78 is 2.68. The molecule has 0 aliphatic carbocycles. The number of anilines is 1. The van der Waals surface area contributed by atoms with Crippen LogP contribution in [0.15, 0.2) is 18.2 Å². The minimum atomic E-state index is 0.0438. The van der Waals surface area contributed by atoms with Gasteiger partial charge in [0, 0.05) is 31.9 Å². The summed E-state index contributed by atoms with van der Waals surface area (Å²) in [5.74, 6) is 0.0438. The molecule has 3 rings (SSSR count). The van der Waals surface area contributed by atoms with Gasteiger partial charge < -0.3 is 9.80 Å². The highest BCUT2D eigenvalue weighted by Crippen LogP contribution is 2.29. The van der Waals surface area contributed by atoms with Gasteiger partial charge in [0.2, 0.25) is 0 Å². The van der Waals surface area contributed by atoms with E-state index in [1.165, 1.54) is 22.6 Å². The van der Waals surface area contributed by atoms with Gasteiger partial charge in [0.15, 0.2) is 3.95 Å². The molecule has 0 saturated carbocycles. The molecule has 1 amide bonds. The molecule has 0 saturated heterocycles. The third-order valence-corrected chi connectivity index (χ3v) is 5.18. The number of hydrogen-bond donors (Lipinski definition) is 0. The first-order valence-electron chi connectivity index (χ1n) is 7.60. The van der Waals surface area contributed by atoms with Gasteiger partial charge in [-0.25, -0.2) is 4.68 Å². The number of rotatable bonds is 3. The molecular weight excluding hydrogens is 328 g/mol. The van der Waals surface area contributed by atoms with Crippen LogP contribution >= 0.6 is 23.6 Å². The fourth-order valence-electron chi connectivity index (χ4n) is 2.87. The quantitative estimate of drug-likeness (QED) is 0.800. The van der Waals surface area contributed by atoms with Crippen molar-refractivity contribution in [3.05, 3.63) is 38.3 Å². The number of amides is 1. The van der Waals surface area contributed by atoms with Crippen molar-refractivity contribution in [1.29, 1.82) is 0 Å². The van der Waals surface area contributed by atoms with E-state index in [9.17, 15) is 4.79 Å². The summed E-state index contributed by atoms with van der Waals surface area (Å²) in [5.41, 5.74) is 3.15. The van der Waals surface area contributed by atoms with E-state index in [1.807, 2.05) is 29.8 Å². The minimum Gasteiger partial charge on any atom is -0.352 e. The number of benzene rings is 1. The van der Waals surface area contributed by atoms with Crippen molar-refractivity contribution in [3.63, 3.8) is 0 Å². The number of nitrogens with zero attached hydrogens (tertiary/aromatic N) is 4. The number of aryl methyl sites for hydroxylation is 2. The average Bonchev–Trinajstić information content (AvgIpc) is 2.84. The highest BCUT2D eigenvalue weighted by molar-refractivity contribution is 7.73. The van der Waals surface area contributed by atoms with Crippen LogP contribution in [0.4, 0.5) is 5.69 Å². The summed E-state index contributed by atoms with van der Waals surface area (Å²) in [7, 11) is 3.56. The van der Waals surface area contributed by atoms with Gasteiger partial charge >= 0.3 is 0 Å². The molecule has 23 heavy (non-hydrogen) atoms. The predicted octanol–water partition coefficient (Wildman–Crippen LogP) is 3.09. The molecule has 122 valence electrons. The van der Waals surface area contributed by atoms with Crippen molar-refractivity contribution < 1.29 is 4.79 Å². The standard InChI is InChI=1S/C16H20N4OS2/c1-11-17-20(16(22)23-11)10-19-8-4-5-12-9-13(6-7-14(12)19)15(21)18(2)3/h6-7,9H,4-5,8,10H2,1-3H3. The number of fused-ring (bicyclic) bond motifs is 1. The Balaban J connectivity index is 1.89. The third kappa shape index (κ3) is 3.30. The Labute approximate surface area is 145 Å². The maximum Gasteiger partial charge on any atom is 0.253 e. The van der Waals surface area contributed by atoms with Crippen LogP contribution in [-0.2, 0) is 13.1 Å². The van der Waals surface area contributed by atoms with E-state index in [4.69, 9.17) is 12.2 Å². The van der Waals surface area contributed by atoms with Crippen molar-refractivity contribution in [1.82, 2.24) is 14.7 Å². The van der Waals surface area contributed by atoms with Gasteiger partial charge in [-0.1, -0.05) is 11.3 Å². The molecule has 1 aliphatic heterocycles. The summed E-state index contributed by atoms with van der Waals surface area (Å²) in [6, 6.07) is 5.98. The van der Waals surface area contributed by atoms with Gasteiger partial charge in [0.25, 0.3) is 5.91 Å². The molecule has 7 heteroatoms. The summed E-state index contributed by atoms with van der Waals surface area (Å²) in [4.78, 5) is 16.0. The Bertz CT molecular complexity index is 794. The molecule has 0 unspecified atom stereocenters. The smallest absolute Gasteiger partial charge is 0.253 e. The Kier molecular flexibility index (Phi) is 4.50. The second-order valence-corrected chi connectivity index (χ2v) is 7.76. The van der Waals surface area contributed by atoms with Crippen LogP contribution in [0.2, 0.25) is 0 Å². The molecular formula is C16H20N4OS2. The van der Waals surface area contributed by atoms with Crippen LogP contribution < -0.4 is 4.90 Å². The maximum absolute atomic E-state index is 12.1. The summed E-state index contributed by atoms with van der Waals surface area (Å²) in [6.07, 6.45) is 2.07. The first kappa shape index (κ1) is 16.1. The minimum absolute atomic E-state index is 0.0438. The van der Waals surface area contributed by atoms with E-state index in [0.29, 0.717) is 6.67 Å². The van der Waals surface area contributed by atoms with Crippen molar-refractivity contribution in [3.8, 4) is 0 Å². The lowest BCUT2D eigenvalue weighted by Crippen LogP contribution is -2.32. The average molecular weight is 348 g/mol. The molecule has 5 nitrogen and oxygen atoms in total. The van der Waals surface area contributed by atoms with E-state index in [0.717, 1.165) is 33.9 Å². The van der Waals surface area contributed by atoms with Crippen molar-refractivity contribution in [2.75, 3.05) is 25.5 Å². The van der Waals surface area contributed by atoms with E-state index in [-0.39, 0.29) is 5.91 Å². The van der Waals surface area contributed by atoms with Crippen molar-refractivity contribution in [2.45, 2.75) is 26.4 Å². The molecule has 0 atom stereocenters. The van der Waals surface area contributed by atoms with Crippen LogP contribution in [-0.4, -0.2) is 41.2 Å². The molecule has 0 bridgehead atoms. The Hall–Kier alpha value is -1.73. The lowest BCUT2D eigenvalue weighted by Gasteiger charge is -2.31. The van der Waals surface area contributed by atoms with E-state index in [1.54, 1.807) is 19.0 Å². The lowest BCUT2D eigenvalue weighted by atomic mass is 9.99. The molecule has 0 radical (unpaired) electrons. The van der Waals surface area contributed by atoms with Gasteiger partial charge in [-0.2, -0.15) is 5.10 Å². The van der Waals surface area contributed by atoms with Crippen molar-refractivity contribution >= 4 is 35.1 Å². The second-order valence-electron chi connectivity index (χ2n) is 5.94. The Morgan fingerprint density at radius 2 is 2.22 bits per heavy atom. The summed E-state index contributed by atoms with van der Waals surface area (Å²) in [5, 5.41) is 5.46. The molecule has 1 aliphatic rings. The van der Waals surface area contributed by atoms with Gasteiger partial charge in [-0.3, -0.25) is 4.79 Å². The van der Waals surface area contributed by atoms with Gasteiger partial charge in [-0.15, -0.1) is 0 Å². The molecule has 0 fully saturated rings. The van der Waals surface area contributed by atoms with Crippen LogP contribution in [0, 0.1) is 10.9 Å². The SMILES string of the molecule is Cc1nn(CN2CCCc3cc(C(=O)N(C)C)ccc32)c(=S)s1. The van der Waals surface area contributed by atoms with Crippen LogP contribution in [0.25, 0.3) is 0 Å². The first-order chi connectivity index (χ1) is 11.0. The normalized spacial score (nSPS) is 13.8. The van der Waals surface area contributed by atoms with Crippen LogP contribution in [0.3, 0.4) is 0 Å². The molecule has 2 heterocycles. The molecule has 1 aromatic heterocycles. The van der Waals surface area contributed by atoms with Gasteiger partial charge in [-0.05, 0) is 55.7 Å². The fourth-order valence-corrected chi connectivity index (χ4v) is 3.93. The number of carbonyl (C=O) groups is 1. The fraction of sp³-hybridized carbons (Fsp3) is 0.438. The first-order valence-corrected chi connectivity index (χ1v) is 8.82. The lowest BCUT2D eigenvalue weighted by molar-refractivity contribution is 0.0827. The molecule has 2 aromatic rings. The summed E-state index contributed by atoms with van der Waals surface area (Å²) >= 11 is 6.90. The highest BCUT2D eigenvalue weighted by Gasteiger charge is 2.20. The molecule has 0 spiro atoms. The van der Waals surface area contributed by atoms with Gasteiger partial charge in [0.05, 0.1) is 0 Å². The number of aromatic nitrogens is 2. The second kappa shape index (κ2) is 6.41. The van der Waals surface area contributed by atoms with Crippen LogP contribution in [0.1, 0.15) is 27.3 Å². The highest BCUT2D eigenvalue weighted by atomic mass is 32.1. The summed E-state index contributed by atoms with van der Waals surface area (Å²) in [6.45, 7) is 3.61. The number of hydrogen-bond acceptors (Lipinski definition) is 5. The largest absolute Gasteiger partial charge is 0.352 e. The zero-order valence-corrected chi connectivity index (χ0v) is 15.2. The Morgan fingerprint density at radius 1 is 1.43 bits per heavy atom. The zero-order chi connectivity index (χ0) is 16.6. The van der Waals surface area contributed by atoms with Crippen LogP contribution in [0.5, 0.6) is 0 Å². The topological polar surface area (TPSA) is 41.4 Å².